The zero-order valence-electron chi connectivity index (χ0n) is 20.5. The number of hydrogen-bond acceptors (Lipinski definition) is 6. The number of rotatable bonds is 6. The highest BCUT2D eigenvalue weighted by molar-refractivity contribution is 7.89. The van der Waals surface area contributed by atoms with Crippen molar-refractivity contribution >= 4 is 27.7 Å². The number of sulfonamides is 1. The van der Waals surface area contributed by atoms with Crippen molar-refractivity contribution < 1.29 is 27.5 Å². The summed E-state index contributed by atoms with van der Waals surface area (Å²) in [6, 6.07) is 17.8. The topological polar surface area (TPSA) is 131 Å². The Bertz CT molecular complexity index is 1580. The predicted molar refractivity (Wildman–Crippen MR) is 139 cm³/mol. The molecule has 1 spiro atoms. The number of carbonyl (C=O) groups excluding carboxylic acids is 2. The van der Waals surface area contributed by atoms with Crippen LogP contribution in [0.5, 0.6) is 5.75 Å². The van der Waals surface area contributed by atoms with Crippen LogP contribution in [0.4, 0.5) is 4.53 Å². The van der Waals surface area contributed by atoms with E-state index in [0.29, 0.717) is 22.5 Å². The number of benzene rings is 3. The number of nitrogens with zero attached hydrogens (tertiary/aromatic N) is 2. The average Bonchev–Trinajstić information content (AvgIpc) is 3.24. The largest absolute Gasteiger partial charge is 0.366 e. The molecule has 2 heterocycles. The van der Waals surface area contributed by atoms with Crippen LogP contribution in [0.3, 0.4) is 0 Å². The molecule has 3 aromatic carbocycles. The quantitative estimate of drug-likeness (QED) is 0.500. The number of piperidine rings is 1. The first kappa shape index (κ1) is 25.6. The van der Waals surface area contributed by atoms with Gasteiger partial charge in [-0.1, -0.05) is 30.3 Å². The van der Waals surface area contributed by atoms with Gasteiger partial charge in [0, 0.05) is 28.7 Å². The molecular formula is C27H25FN4O5S. The van der Waals surface area contributed by atoms with Crippen molar-refractivity contribution in [2.45, 2.75) is 30.2 Å². The highest BCUT2D eigenvalue weighted by Gasteiger charge is 2.47. The Morgan fingerprint density at radius 3 is 2.45 bits per heavy atom. The van der Waals surface area contributed by atoms with Crippen LogP contribution < -0.4 is 16.0 Å². The molecule has 196 valence electrons. The monoisotopic (exact) mass is 536 g/mol. The second kappa shape index (κ2) is 9.66. The van der Waals surface area contributed by atoms with Crippen molar-refractivity contribution in [3.8, 4) is 16.9 Å². The third-order valence-electron chi connectivity index (χ3n) is 7.02. The fourth-order valence-corrected chi connectivity index (χ4v) is 6.38. The summed E-state index contributed by atoms with van der Waals surface area (Å²) < 4.78 is 41.0. The number of aryl methyl sites for hydroxylation is 1. The molecule has 0 atom stereocenters. The summed E-state index contributed by atoms with van der Waals surface area (Å²) in [5.74, 6) is -0.556. The maximum absolute atomic E-state index is 13.5. The van der Waals surface area contributed by atoms with Gasteiger partial charge >= 0.3 is 0 Å². The minimum absolute atomic E-state index is 0.0115. The Kier molecular flexibility index (Phi) is 6.49. The van der Waals surface area contributed by atoms with E-state index >= 15 is 0 Å². The van der Waals surface area contributed by atoms with Crippen molar-refractivity contribution in [1.29, 1.82) is 0 Å². The molecule has 0 aromatic heterocycles. The molecule has 0 saturated carbocycles. The zero-order chi connectivity index (χ0) is 27.1. The van der Waals surface area contributed by atoms with E-state index in [-0.39, 0.29) is 42.5 Å². The molecule has 0 aliphatic carbocycles. The number of amides is 2. The summed E-state index contributed by atoms with van der Waals surface area (Å²) >= 11 is 0. The molecule has 3 N–H and O–H groups in total. The second-order valence-corrected chi connectivity index (χ2v) is 11.3. The second-order valence-electron chi connectivity index (χ2n) is 9.38. The molecule has 2 aliphatic heterocycles. The molecular weight excluding hydrogens is 511 g/mol. The first-order valence-corrected chi connectivity index (χ1v) is 13.4. The summed E-state index contributed by atoms with van der Waals surface area (Å²) in [5, 5.41) is 2.75. The number of nitrogens with one attached hydrogen (secondary N) is 1. The molecule has 2 amide bonds. The van der Waals surface area contributed by atoms with Gasteiger partial charge in [-0.2, -0.15) is 4.31 Å². The summed E-state index contributed by atoms with van der Waals surface area (Å²) in [4.78, 5) is 32.9. The molecule has 1 fully saturated rings. The lowest BCUT2D eigenvalue weighted by atomic mass is 9.89. The van der Waals surface area contributed by atoms with E-state index in [1.807, 2.05) is 6.92 Å². The number of primary amides is 1. The van der Waals surface area contributed by atoms with Crippen LogP contribution in [-0.4, -0.2) is 49.0 Å². The molecule has 0 bridgehead atoms. The maximum Gasteiger partial charge on any atom is 0.253 e. The standard InChI is InChI=1S/C27H25FN4O5S/c1-17-14-19(24(29)33)8-9-23(17)18-4-3-7-22(16-18)38(35,36)32-12-10-27(11-13-32)26(34)30-25(31-27)20-5-2-6-21(15-20)37-28/h2-9,14-16H,10-13H2,1H3,(H2,29,33)(H,30,31,34). The molecule has 1 saturated heterocycles. The lowest BCUT2D eigenvalue weighted by molar-refractivity contribution is -0.124. The number of hydrogen-bond donors (Lipinski definition) is 2. The third-order valence-corrected chi connectivity index (χ3v) is 8.91. The average molecular weight is 537 g/mol. The number of nitrogens with two attached hydrogens (primary N) is 1. The number of amidine groups is 1. The molecule has 5 rings (SSSR count). The molecule has 9 nitrogen and oxygen atoms in total. The molecule has 0 unspecified atom stereocenters. The van der Waals surface area contributed by atoms with Gasteiger partial charge in [-0.25, -0.2) is 8.42 Å². The smallest absolute Gasteiger partial charge is 0.253 e. The summed E-state index contributed by atoms with van der Waals surface area (Å²) in [6.07, 6.45) is 0.405. The molecule has 3 aromatic rings. The van der Waals surface area contributed by atoms with Gasteiger partial charge in [0.2, 0.25) is 15.9 Å². The first-order chi connectivity index (χ1) is 18.1. The lowest BCUT2D eigenvalue weighted by Crippen LogP contribution is -2.50. The van der Waals surface area contributed by atoms with Crippen molar-refractivity contribution in [2.75, 3.05) is 13.1 Å². The Hall–Kier alpha value is -4.09. The minimum Gasteiger partial charge on any atom is -0.366 e. The van der Waals surface area contributed by atoms with Crippen LogP contribution in [0.2, 0.25) is 0 Å². The van der Waals surface area contributed by atoms with Gasteiger partial charge in [-0.05, 0) is 72.9 Å². The van der Waals surface area contributed by atoms with Crippen LogP contribution in [0.25, 0.3) is 11.1 Å². The maximum atomic E-state index is 13.5. The van der Waals surface area contributed by atoms with Crippen molar-refractivity contribution in [3.63, 3.8) is 0 Å². The van der Waals surface area contributed by atoms with Crippen LogP contribution >= 0.6 is 0 Å². The highest BCUT2D eigenvalue weighted by Crippen LogP contribution is 2.34. The number of carbonyl (C=O) groups is 2. The highest BCUT2D eigenvalue weighted by atomic mass is 32.2. The van der Waals surface area contributed by atoms with E-state index in [1.165, 1.54) is 22.5 Å². The van der Waals surface area contributed by atoms with Crippen LogP contribution in [0.15, 0.2) is 76.6 Å². The minimum atomic E-state index is -3.84. The summed E-state index contributed by atoms with van der Waals surface area (Å²) in [5.41, 5.74) is 7.42. The molecule has 38 heavy (non-hydrogen) atoms. The van der Waals surface area contributed by atoms with Crippen LogP contribution in [0, 0.1) is 6.92 Å². The predicted octanol–water partition coefficient (Wildman–Crippen LogP) is 3.12. The van der Waals surface area contributed by atoms with Gasteiger partial charge < -0.3 is 11.1 Å². The summed E-state index contributed by atoms with van der Waals surface area (Å²) in [7, 11) is -3.84. The molecule has 11 heteroatoms. The van der Waals surface area contributed by atoms with Gasteiger partial charge in [0.05, 0.1) is 4.90 Å². The van der Waals surface area contributed by atoms with Gasteiger partial charge in [0.1, 0.15) is 11.4 Å². The molecule has 2 aliphatic rings. The Labute approximate surface area is 219 Å². The van der Waals surface area contributed by atoms with Gasteiger partial charge in [0.15, 0.2) is 5.75 Å². The van der Waals surface area contributed by atoms with E-state index in [4.69, 9.17) is 5.73 Å². The molecule has 0 radical (unpaired) electrons. The van der Waals surface area contributed by atoms with Crippen molar-refractivity contribution in [2.24, 2.45) is 10.7 Å². The summed E-state index contributed by atoms with van der Waals surface area (Å²) in [6.45, 7) is 2.04. The van der Waals surface area contributed by atoms with Crippen molar-refractivity contribution in [1.82, 2.24) is 9.62 Å². The van der Waals surface area contributed by atoms with E-state index in [2.05, 4.69) is 15.3 Å². The Morgan fingerprint density at radius 1 is 1.05 bits per heavy atom. The van der Waals surface area contributed by atoms with Gasteiger partial charge in [-0.3, -0.25) is 19.5 Å². The first-order valence-electron chi connectivity index (χ1n) is 11.9. The van der Waals surface area contributed by atoms with E-state index < -0.39 is 21.5 Å². The number of aliphatic imine (C=N–C) groups is 1. The Morgan fingerprint density at radius 2 is 1.76 bits per heavy atom. The fourth-order valence-electron chi connectivity index (χ4n) is 4.89. The zero-order valence-corrected chi connectivity index (χ0v) is 21.3. The van der Waals surface area contributed by atoms with E-state index in [0.717, 1.165) is 11.1 Å². The van der Waals surface area contributed by atoms with E-state index in [9.17, 15) is 22.5 Å². The number of halogens is 1. The van der Waals surface area contributed by atoms with Gasteiger partial charge in [-0.15, -0.1) is 0 Å². The lowest BCUT2D eigenvalue weighted by Gasteiger charge is -2.34. The van der Waals surface area contributed by atoms with Crippen molar-refractivity contribution in [3.05, 3.63) is 83.4 Å². The third kappa shape index (κ3) is 4.54. The SMILES string of the molecule is Cc1cc(C(N)=O)ccc1-c1cccc(S(=O)(=O)N2CCC3(CC2)N=C(c2cccc(OF)c2)NC3=O)c1. The van der Waals surface area contributed by atoms with E-state index in [1.54, 1.807) is 48.5 Å². The van der Waals surface area contributed by atoms with Crippen LogP contribution in [0.1, 0.15) is 34.3 Å². The Balaban J connectivity index is 1.36. The normalized spacial score (nSPS) is 17.2. The fraction of sp³-hybridized carbons (Fsp3) is 0.222. The van der Waals surface area contributed by atoms with Crippen LogP contribution in [-0.2, 0) is 14.8 Å². The van der Waals surface area contributed by atoms with Gasteiger partial charge in [0.25, 0.3) is 5.91 Å².